The molecule has 17 heavy (non-hydrogen) atoms. The lowest BCUT2D eigenvalue weighted by molar-refractivity contribution is 0.199. The molecule has 1 aliphatic rings. The lowest BCUT2D eigenvalue weighted by Gasteiger charge is -2.18. The van der Waals surface area contributed by atoms with Crippen molar-refractivity contribution >= 4 is 23.1 Å². The highest BCUT2D eigenvalue weighted by molar-refractivity contribution is 6.33. The number of hydrogen-bond acceptors (Lipinski definition) is 4. The number of aliphatic hydroxyl groups excluding tert-OH is 1. The number of nitrogen functional groups attached to an aromatic ring is 1. The van der Waals surface area contributed by atoms with E-state index in [0.717, 1.165) is 19.4 Å². The highest BCUT2D eigenvalue weighted by Gasteiger charge is 2.26. The Hall–Kier alpha value is -1.00. The first-order valence-corrected chi connectivity index (χ1v) is 6.34. The summed E-state index contributed by atoms with van der Waals surface area (Å²) in [5.41, 5.74) is 6.15. The van der Waals surface area contributed by atoms with Gasteiger partial charge in [-0.3, -0.25) is 0 Å². The number of halogens is 1. The van der Waals surface area contributed by atoms with Crippen molar-refractivity contribution in [2.75, 3.05) is 24.2 Å². The molecule has 2 unspecified atom stereocenters. The quantitative estimate of drug-likeness (QED) is 0.771. The Morgan fingerprint density at radius 3 is 2.94 bits per heavy atom. The zero-order valence-electron chi connectivity index (χ0n) is 9.69. The zero-order chi connectivity index (χ0) is 12.3. The number of pyridine rings is 1. The van der Waals surface area contributed by atoms with Crippen LogP contribution in [0.1, 0.15) is 19.3 Å². The Morgan fingerprint density at radius 1 is 1.47 bits per heavy atom. The molecular weight excluding hydrogens is 238 g/mol. The third-order valence-electron chi connectivity index (χ3n) is 3.45. The maximum absolute atomic E-state index is 9.24. The molecule has 0 aliphatic heterocycles. The van der Waals surface area contributed by atoms with E-state index in [2.05, 4.69) is 10.3 Å². The molecule has 5 heteroatoms. The number of aliphatic hydroxyl groups is 1. The number of nitrogens with two attached hydrogens (primary N) is 1. The average Bonchev–Trinajstić information content (AvgIpc) is 2.75. The molecule has 0 saturated heterocycles. The van der Waals surface area contributed by atoms with E-state index < -0.39 is 0 Å². The van der Waals surface area contributed by atoms with Crippen LogP contribution in [0.15, 0.2) is 12.3 Å². The van der Waals surface area contributed by atoms with Gasteiger partial charge < -0.3 is 16.2 Å². The Kier molecular flexibility index (Phi) is 4.07. The van der Waals surface area contributed by atoms with Crippen molar-refractivity contribution in [2.24, 2.45) is 11.8 Å². The first-order valence-electron chi connectivity index (χ1n) is 5.96. The van der Waals surface area contributed by atoms with Gasteiger partial charge in [0.25, 0.3) is 0 Å². The third-order valence-corrected chi connectivity index (χ3v) is 3.73. The second-order valence-electron chi connectivity index (χ2n) is 4.61. The van der Waals surface area contributed by atoms with Gasteiger partial charge in [0.1, 0.15) is 5.82 Å². The summed E-state index contributed by atoms with van der Waals surface area (Å²) in [7, 11) is 0. The molecule has 4 nitrogen and oxygen atoms in total. The summed E-state index contributed by atoms with van der Waals surface area (Å²) in [5.74, 6) is 1.59. The third kappa shape index (κ3) is 3.01. The monoisotopic (exact) mass is 255 g/mol. The van der Waals surface area contributed by atoms with Crippen LogP contribution in [0.3, 0.4) is 0 Å². The van der Waals surface area contributed by atoms with E-state index in [1.165, 1.54) is 6.42 Å². The number of nitrogens with one attached hydrogen (secondary N) is 1. The van der Waals surface area contributed by atoms with Gasteiger partial charge in [-0.1, -0.05) is 18.0 Å². The second-order valence-corrected chi connectivity index (χ2v) is 5.02. The summed E-state index contributed by atoms with van der Waals surface area (Å²) in [6, 6.07) is 1.69. The highest BCUT2D eigenvalue weighted by atomic mass is 35.5. The van der Waals surface area contributed by atoms with E-state index >= 15 is 0 Å². The maximum Gasteiger partial charge on any atom is 0.144 e. The molecule has 0 bridgehead atoms. The fourth-order valence-corrected chi connectivity index (χ4v) is 2.67. The van der Waals surface area contributed by atoms with E-state index in [1.807, 2.05) is 0 Å². The van der Waals surface area contributed by atoms with Crippen LogP contribution in [0.25, 0.3) is 0 Å². The smallest absolute Gasteiger partial charge is 0.144 e. The maximum atomic E-state index is 9.24. The minimum absolute atomic E-state index is 0.273. The molecule has 1 aliphatic carbocycles. The van der Waals surface area contributed by atoms with Gasteiger partial charge >= 0.3 is 0 Å². The second kappa shape index (κ2) is 5.56. The molecule has 0 spiro atoms. The molecule has 1 aromatic rings. The largest absolute Gasteiger partial charge is 0.397 e. The van der Waals surface area contributed by atoms with Crippen molar-refractivity contribution in [1.29, 1.82) is 0 Å². The van der Waals surface area contributed by atoms with Gasteiger partial charge in [-0.2, -0.15) is 0 Å². The molecule has 1 fully saturated rings. The number of anilines is 2. The van der Waals surface area contributed by atoms with Crippen LogP contribution in [-0.4, -0.2) is 23.2 Å². The minimum atomic E-state index is 0.273. The van der Waals surface area contributed by atoms with E-state index in [0.29, 0.717) is 28.4 Å². The minimum Gasteiger partial charge on any atom is -0.397 e. The normalized spacial score (nSPS) is 23.9. The number of aromatic nitrogens is 1. The summed E-state index contributed by atoms with van der Waals surface area (Å²) in [4.78, 5) is 4.16. The topological polar surface area (TPSA) is 71.2 Å². The molecule has 0 radical (unpaired) electrons. The molecule has 2 atom stereocenters. The van der Waals surface area contributed by atoms with E-state index in [1.54, 1.807) is 12.3 Å². The van der Waals surface area contributed by atoms with Crippen LogP contribution in [0.4, 0.5) is 11.5 Å². The molecule has 1 saturated carbocycles. The van der Waals surface area contributed by atoms with Gasteiger partial charge in [-0.15, -0.1) is 0 Å². The molecule has 1 heterocycles. The van der Waals surface area contributed by atoms with Crippen LogP contribution in [0, 0.1) is 11.8 Å². The summed E-state index contributed by atoms with van der Waals surface area (Å²) >= 11 is 6.03. The van der Waals surface area contributed by atoms with Gasteiger partial charge in [0.15, 0.2) is 0 Å². The molecule has 0 aromatic carbocycles. The van der Waals surface area contributed by atoms with E-state index in [-0.39, 0.29) is 6.61 Å². The SMILES string of the molecule is Nc1cnc(NCC2CCCC2CO)c(Cl)c1. The predicted molar refractivity (Wildman–Crippen MR) is 70.1 cm³/mol. The molecular formula is C12H18ClN3O. The van der Waals surface area contributed by atoms with E-state index in [9.17, 15) is 5.11 Å². The van der Waals surface area contributed by atoms with Gasteiger partial charge in [-0.25, -0.2) is 4.98 Å². The molecule has 0 amide bonds. The fraction of sp³-hybridized carbons (Fsp3) is 0.583. The lowest BCUT2D eigenvalue weighted by atomic mass is 9.97. The number of nitrogens with zero attached hydrogens (tertiary/aromatic N) is 1. The van der Waals surface area contributed by atoms with Crippen molar-refractivity contribution in [3.63, 3.8) is 0 Å². The fourth-order valence-electron chi connectivity index (χ4n) is 2.43. The zero-order valence-corrected chi connectivity index (χ0v) is 10.5. The summed E-state index contributed by atoms with van der Waals surface area (Å²) in [5, 5.41) is 13.0. The Bertz CT molecular complexity index is 386. The van der Waals surface area contributed by atoms with Crippen molar-refractivity contribution < 1.29 is 5.11 Å². The molecule has 4 N–H and O–H groups in total. The first-order chi connectivity index (χ1) is 8.20. The Labute approximate surface area is 106 Å². The van der Waals surface area contributed by atoms with Gasteiger partial charge in [-0.05, 0) is 30.7 Å². The van der Waals surface area contributed by atoms with Crippen LogP contribution >= 0.6 is 11.6 Å². The van der Waals surface area contributed by atoms with Gasteiger partial charge in [0, 0.05) is 13.2 Å². The summed E-state index contributed by atoms with van der Waals surface area (Å²) < 4.78 is 0. The van der Waals surface area contributed by atoms with Crippen molar-refractivity contribution in [3.8, 4) is 0 Å². The van der Waals surface area contributed by atoms with Crippen molar-refractivity contribution in [3.05, 3.63) is 17.3 Å². The Balaban J connectivity index is 1.93. The van der Waals surface area contributed by atoms with Crippen molar-refractivity contribution in [1.82, 2.24) is 4.98 Å². The van der Waals surface area contributed by atoms with Gasteiger partial charge in [0.05, 0.1) is 16.9 Å². The first kappa shape index (κ1) is 12.5. The van der Waals surface area contributed by atoms with Crippen LogP contribution in [0.5, 0.6) is 0 Å². The molecule has 1 aromatic heterocycles. The number of hydrogen-bond donors (Lipinski definition) is 3. The number of rotatable bonds is 4. The van der Waals surface area contributed by atoms with Gasteiger partial charge in [0.2, 0.25) is 0 Å². The van der Waals surface area contributed by atoms with E-state index in [4.69, 9.17) is 17.3 Å². The van der Waals surface area contributed by atoms with Crippen molar-refractivity contribution in [2.45, 2.75) is 19.3 Å². The average molecular weight is 256 g/mol. The lowest BCUT2D eigenvalue weighted by Crippen LogP contribution is -2.21. The Morgan fingerprint density at radius 2 is 2.24 bits per heavy atom. The molecule has 2 rings (SSSR count). The summed E-state index contributed by atoms with van der Waals surface area (Å²) in [6.07, 6.45) is 5.06. The van der Waals surface area contributed by atoms with Crippen LogP contribution in [-0.2, 0) is 0 Å². The summed E-state index contributed by atoms with van der Waals surface area (Å²) in [6.45, 7) is 1.08. The molecule has 94 valence electrons. The highest BCUT2D eigenvalue weighted by Crippen LogP contribution is 2.32. The predicted octanol–water partition coefficient (Wildman–Crippen LogP) is 2.14. The van der Waals surface area contributed by atoms with Crippen LogP contribution < -0.4 is 11.1 Å². The standard InChI is InChI=1S/C12H18ClN3O/c13-11-4-10(14)6-16-12(11)15-5-8-2-1-3-9(8)7-17/h4,6,8-9,17H,1-3,5,7,14H2,(H,15,16). The van der Waals surface area contributed by atoms with Crippen LogP contribution in [0.2, 0.25) is 5.02 Å².